The fourth-order valence-corrected chi connectivity index (χ4v) is 2.06. The average Bonchev–Trinajstić information content (AvgIpc) is 2.41. The predicted molar refractivity (Wildman–Crippen MR) is 57.4 cm³/mol. The van der Waals surface area contributed by atoms with Crippen molar-refractivity contribution in [3.8, 4) is 0 Å². The quantitative estimate of drug-likeness (QED) is 0.723. The highest BCUT2D eigenvalue weighted by Crippen LogP contribution is 2.38. The van der Waals surface area contributed by atoms with Gasteiger partial charge >= 0.3 is 5.97 Å². The Kier molecular flexibility index (Phi) is 3.12. The zero-order valence-electron chi connectivity index (χ0n) is 9.33. The van der Waals surface area contributed by atoms with Crippen LogP contribution in [0.1, 0.15) is 27.2 Å². The number of ketones is 1. The van der Waals surface area contributed by atoms with E-state index in [-0.39, 0.29) is 17.3 Å². The molecule has 0 saturated heterocycles. The SMILES string of the molecule is C=C1C(=O)C(C)=C([C@@H](C)CC)[C@@H]1C(=O)O. The largest absolute Gasteiger partial charge is 0.481 e. The second kappa shape index (κ2) is 4.01. The number of rotatable bonds is 3. The van der Waals surface area contributed by atoms with Crippen LogP contribution in [0.5, 0.6) is 0 Å². The second-order valence-corrected chi connectivity index (χ2v) is 4.02. The molecule has 0 heterocycles. The molecule has 0 saturated carbocycles. The van der Waals surface area contributed by atoms with E-state index >= 15 is 0 Å². The molecule has 0 amide bonds. The van der Waals surface area contributed by atoms with Crippen molar-refractivity contribution in [1.82, 2.24) is 0 Å². The molecule has 0 aliphatic heterocycles. The lowest BCUT2D eigenvalue weighted by Gasteiger charge is -2.16. The first-order valence-corrected chi connectivity index (χ1v) is 5.08. The van der Waals surface area contributed by atoms with Crippen LogP contribution in [0.2, 0.25) is 0 Å². The van der Waals surface area contributed by atoms with E-state index in [4.69, 9.17) is 5.11 Å². The molecular formula is C12H16O3. The summed E-state index contributed by atoms with van der Waals surface area (Å²) in [5, 5.41) is 9.09. The Balaban J connectivity index is 3.23. The Morgan fingerprint density at radius 3 is 2.53 bits per heavy atom. The highest BCUT2D eigenvalue weighted by atomic mass is 16.4. The number of aliphatic carboxylic acids is 1. The molecule has 0 aromatic rings. The summed E-state index contributed by atoms with van der Waals surface area (Å²) in [5.74, 6) is -1.85. The molecule has 0 radical (unpaired) electrons. The van der Waals surface area contributed by atoms with Crippen LogP contribution in [0.3, 0.4) is 0 Å². The van der Waals surface area contributed by atoms with Gasteiger partial charge < -0.3 is 5.11 Å². The Morgan fingerprint density at radius 2 is 2.13 bits per heavy atom. The van der Waals surface area contributed by atoms with E-state index in [0.717, 1.165) is 12.0 Å². The van der Waals surface area contributed by atoms with Crippen LogP contribution in [0, 0.1) is 11.8 Å². The van der Waals surface area contributed by atoms with Crippen molar-refractivity contribution >= 4 is 11.8 Å². The topological polar surface area (TPSA) is 54.4 Å². The molecule has 0 aromatic carbocycles. The molecule has 0 aromatic heterocycles. The van der Waals surface area contributed by atoms with Crippen molar-refractivity contribution in [3.05, 3.63) is 23.3 Å². The van der Waals surface area contributed by atoms with E-state index in [1.807, 2.05) is 13.8 Å². The molecule has 3 nitrogen and oxygen atoms in total. The number of carbonyl (C=O) groups excluding carboxylic acids is 1. The summed E-state index contributed by atoms with van der Waals surface area (Å²) in [7, 11) is 0. The summed E-state index contributed by atoms with van der Waals surface area (Å²) in [6.07, 6.45) is 0.830. The molecule has 15 heavy (non-hydrogen) atoms. The molecular weight excluding hydrogens is 192 g/mol. The van der Waals surface area contributed by atoms with E-state index in [0.29, 0.717) is 5.57 Å². The Hall–Kier alpha value is -1.38. The van der Waals surface area contributed by atoms with E-state index in [2.05, 4.69) is 6.58 Å². The molecule has 0 unspecified atom stereocenters. The molecule has 3 heteroatoms. The molecule has 2 atom stereocenters. The van der Waals surface area contributed by atoms with E-state index in [1.165, 1.54) is 0 Å². The summed E-state index contributed by atoms with van der Waals surface area (Å²) in [6.45, 7) is 9.20. The minimum Gasteiger partial charge on any atom is -0.481 e. The zero-order valence-corrected chi connectivity index (χ0v) is 9.33. The van der Waals surface area contributed by atoms with Gasteiger partial charge in [-0.15, -0.1) is 0 Å². The summed E-state index contributed by atoms with van der Waals surface area (Å²) >= 11 is 0. The normalized spacial score (nSPS) is 23.5. The van der Waals surface area contributed by atoms with Crippen molar-refractivity contribution in [3.63, 3.8) is 0 Å². The molecule has 1 aliphatic rings. The predicted octanol–water partition coefficient (Wildman–Crippen LogP) is 2.19. The van der Waals surface area contributed by atoms with Gasteiger partial charge in [0.15, 0.2) is 5.78 Å². The zero-order chi connectivity index (χ0) is 11.7. The van der Waals surface area contributed by atoms with Gasteiger partial charge in [0.05, 0.1) is 0 Å². The third kappa shape index (κ3) is 1.74. The summed E-state index contributed by atoms with van der Waals surface area (Å²) in [5.41, 5.74) is 1.51. The van der Waals surface area contributed by atoms with Gasteiger partial charge in [0.2, 0.25) is 0 Å². The number of Topliss-reactive ketones (excluding diaryl/α,β-unsaturated/α-hetero) is 1. The molecule has 82 valence electrons. The van der Waals surface area contributed by atoms with Crippen LogP contribution in [0.15, 0.2) is 23.3 Å². The van der Waals surface area contributed by atoms with E-state index < -0.39 is 11.9 Å². The first-order chi connectivity index (χ1) is 6.91. The second-order valence-electron chi connectivity index (χ2n) is 4.02. The lowest BCUT2D eigenvalue weighted by atomic mass is 9.87. The maximum Gasteiger partial charge on any atom is 0.315 e. The van der Waals surface area contributed by atoms with Gasteiger partial charge in [-0.2, -0.15) is 0 Å². The Labute approximate surface area is 89.5 Å². The molecule has 0 fully saturated rings. The number of carbonyl (C=O) groups is 2. The molecule has 0 bridgehead atoms. The minimum absolute atomic E-state index is 0.120. The van der Waals surface area contributed by atoms with Crippen LogP contribution in [-0.4, -0.2) is 16.9 Å². The van der Waals surface area contributed by atoms with Crippen molar-refractivity contribution in [2.24, 2.45) is 11.8 Å². The summed E-state index contributed by atoms with van der Waals surface area (Å²) < 4.78 is 0. The number of carboxylic acid groups (broad SMARTS) is 1. The highest BCUT2D eigenvalue weighted by molar-refractivity contribution is 6.15. The number of carboxylic acids is 1. The summed E-state index contributed by atoms with van der Waals surface area (Å²) in [6, 6.07) is 0. The lowest BCUT2D eigenvalue weighted by molar-refractivity contribution is -0.139. The number of hydrogen-bond acceptors (Lipinski definition) is 2. The van der Waals surface area contributed by atoms with Gasteiger partial charge in [-0.05, 0) is 30.4 Å². The number of allylic oxidation sites excluding steroid dienone is 1. The maximum atomic E-state index is 11.6. The van der Waals surface area contributed by atoms with Crippen molar-refractivity contribution < 1.29 is 14.7 Å². The standard InChI is InChI=1S/C12H16O3/c1-5-6(2)9-7(3)11(13)8(4)10(9)12(14)15/h6,10H,4-5H2,1-3H3,(H,14,15)/t6-,10+/m0/s1. The van der Waals surface area contributed by atoms with Crippen LogP contribution in [0.25, 0.3) is 0 Å². The first kappa shape index (κ1) is 11.7. The van der Waals surface area contributed by atoms with Crippen molar-refractivity contribution in [2.45, 2.75) is 27.2 Å². The molecule has 1 N–H and O–H groups in total. The van der Waals surface area contributed by atoms with E-state index in [1.54, 1.807) is 6.92 Å². The maximum absolute atomic E-state index is 11.6. The summed E-state index contributed by atoms with van der Waals surface area (Å²) in [4.78, 5) is 22.7. The third-order valence-corrected chi connectivity index (χ3v) is 3.11. The molecule has 1 aliphatic carbocycles. The molecule has 1 rings (SSSR count). The van der Waals surface area contributed by atoms with Crippen LogP contribution in [0.4, 0.5) is 0 Å². The monoisotopic (exact) mass is 208 g/mol. The van der Waals surface area contributed by atoms with Gasteiger partial charge in [-0.25, -0.2) is 0 Å². The fourth-order valence-electron chi connectivity index (χ4n) is 2.06. The van der Waals surface area contributed by atoms with Crippen LogP contribution >= 0.6 is 0 Å². The van der Waals surface area contributed by atoms with Gasteiger partial charge in [0.1, 0.15) is 5.92 Å². The Bertz CT molecular complexity index is 363. The van der Waals surface area contributed by atoms with Gasteiger partial charge in [-0.3, -0.25) is 9.59 Å². The lowest BCUT2D eigenvalue weighted by Crippen LogP contribution is -2.19. The van der Waals surface area contributed by atoms with E-state index in [9.17, 15) is 9.59 Å². The smallest absolute Gasteiger partial charge is 0.315 e. The molecule has 0 spiro atoms. The van der Waals surface area contributed by atoms with Crippen molar-refractivity contribution in [1.29, 1.82) is 0 Å². The van der Waals surface area contributed by atoms with Gasteiger partial charge in [-0.1, -0.05) is 20.4 Å². The average molecular weight is 208 g/mol. The van der Waals surface area contributed by atoms with Crippen molar-refractivity contribution in [2.75, 3.05) is 0 Å². The van der Waals surface area contributed by atoms with Crippen LogP contribution < -0.4 is 0 Å². The van der Waals surface area contributed by atoms with Crippen LogP contribution in [-0.2, 0) is 9.59 Å². The minimum atomic E-state index is -0.972. The number of hydrogen-bond donors (Lipinski definition) is 1. The highest BCUT2D eigenvalue weighted by Gasteiger charge is 2.39. The fraction of sp³-hybridized carbons (Fsp3) is 0.500. The third-order valence-electron chi connectivity index (χ3n) is 3.11. The Morgan fingerprint density at radius 1 is 1.60 bits per heavy atom. The first-order valence-electron chi connectivity index (χ1n) is 5.08. The van der Waals surface area contributed by atoms with Gasteiger partial charge in [0.25, 0.3) is 0 Å². The van der Waals surface area contributed by atoms with Gasteiger partial charge in [0, 0.05) is 5.57 Å².